The Bertz CT molecular complexity index is 370. The summed E-state index contributed by atoms with van der Waals surface area (Å²) in [6, 6.07) is 4.13. The molecule has 0 aliphatic heterocycles. The lowest BCUT2D eigenvalue weighted by atomic mass is 10.2. The van der Waals surface area contributed by atoms with Crippen LogP contribution in [0, 0.1) is 6.92 Å². The number of pyridine rings is 1. The van der Waals surface area contributed by atoms with Crippen LogP contribution in [0.4, 0.5) is 0 Å². The summed E-state index contributed by atoms with van der Waals surface area (Å²) in [5, 5.41) is 3.42. The van der Waals surface area contributed by atoms with Crippen LogP contribution in [-0.4, -0.2) is 17.2 Å². The van der Waals surface area contributed by atoms with Gasteiger partial charge in [-0.25, -0.2) is 0 Å². The van der Waals surface area contributed by atoms with E-state index in [-0.39, 0.29) is 5.56 Å². The van der Waals surface area contributed by atoms with Crippen LogP contribution in [0.25, 0.3) is 0 Å². The minimum absolute atomic E-state index is 0.0997. The standard InChI is InChI=1S/C13H22N2O/c1-4-7-14-12(3)6-9-15-8-5-11(2)10-13(15)16/h5,8,10,12,14H,4,6-7,9H2,1-3H3. The Hall–Kier alpha value is -1.09. The molecule has 1 unspecified atom stereocenters. The smallest absolute Gasteiger partial charge is 0.250 e. The van der Waals surface area contributed by atoms with E-state index in [2.05, 4.69) is 19.2 Å². The quantitative estimate of drug-likeness (QED) is 0.798. The first-order valence-corrected chi connectivity index (χ1v) is 6.04. The number of nitrogens with one attached hydrogen (secondary N) is 1. The summed E-state index contributed by atoms with van der Waals surface area (Å²) in [5.41, 5.74) is 1.13. The van der Waals surface area contributed by atoms with Crippen molar-refractivity contribution in [3.05, 3.63) is 34.2 Å². The van der Waals surface area contributed by atoms with Gasteiger partial charge in [0, 0.05) is 24.8 Å². The first-order valence-electron chi connectivity index (χ1n) is 6.04. The summed E-state index contributed by atoms with van der Waals surface area (Å²) in [6.07, 6.45) is 4.02. The van der Waals surface area contributed by atoms with Crippen molar-refractivity contribution in [1.82, 2.24) is 9.88 Å². The van der Waals surface area contributed by atoms with E-state index in [4.69, 9.17) is 0 Å². The van der Waals surface area contributed by atoms with Crippen molar-refractivity contribution in [2.24, 2.45) is 0 Å². The van der Waals surface area contributed by atoms with Crippen molar-refractivity contribution in [3.63, 3.8) is 0 Å². The highest BCUT2D eigenvalue weighted by molar-refractivity contribution is 5.07. The van der Waals surface area contributed by atoms with Gasteiger partial charge in [0.2, 0.25) is 0 Å². The zero-order chi connectivity index (χ0) is 12.0. The number of aryl methyl sites for hydroxylation is 2. The van der Waals surface area contributed by atoms with E-state index >= 15 is 0 Å². The molecule has 0 saturated heterocycles. The fourth-order valence-electron chi connectivity index (χ4n) is 1.62. The molecular weight excluding hydrogens is 200 g/mol. The van der Waals surface area contributed by atoms with Gasteiger partial charge < -0.3 is 9.88 Å². The van der Waals surface area contributed by atoms with Crippen molar-refractivity contribution in [2.75, 3.05) is 6.54 Å². The van der Waals surface area contributed by atoms with Crippen LogP contribution in [-0.2, 0) is 6.54 Å². The average Bonchev–Trinajstić information content (AvgIpc) is 2.25. The van der Waals surface area contributed by atoms with Gasteiger partial charge in [-0.05, 0) is 44.9 Å². The van der Waals surface area contributed by atoms with Crippen LogP contribution < -0.4 is 10.9 Å². The monoisotopic (exact) mass is 222 g/mol. The molecule has 16 heavy (non-hydrogen) atoms. The molecule has 0 spiro atoms. The molecule has 0 bridgehead atoms. The average molecular weight is 222 g/mol. The first-order chi connectivity index (χ1) is 7.63. The molecular formula is C13H22N2O. The van der Waals surface area contributed by atoms with Crippen LogP contribution in [0.3, 0.4) is 0 Å². The number of rotatable bonds is 6. The van der Waals surface area contributed by atoms with Crippen molar-refractivity contribution in [2.45, 2.75) is 46.2 Å². The van der Waals surface area contributed by atoms with E-state index in [1.165, 1.54) is 0 Å². The number of nitrogens with zero attached hydrogens (tertiary/aromatic N) is 1. The van der Waals surface area contributed by atoms with E-state index in [0.717, 1.165) is 31.5 Å². The van der Waals surface area contributed by atoms with Crippen LogP contribution in [0.5, 0.6) is 0 Å². The van der Waals surface area contributed by atoms with Crippen molar-refractivity contribution < 1.29 is 0 Å². The summed E-state index contributed by atoms with van der Waals surface area (Å²) >= 11 is 0. The largest absolute Gasteiger partial charge is 0.315 e. The molecule has 0 aliphatic carbocycles. The van der Waals surface area contributed by atoms with Gasteiger partial charge in [-0.15, -0.1) is 0 Å². The molecule has 0 saturated carbocycles. The molecule has 1 aromatic heterocycles. The Labute approximate surface area is 97.5 Å². The van der Waals surface area contributed by atoms with E-state index in [1.807, 2.05) is 19.2 Å². The van der Waals surface area contributed by atoms with Gasteiger partial charge in [0.05, 0.1) is 0 Å². The second-order valence-electron chi connectivity index (χ2n) is 4.38. The van der Waals surface area contributed by atoms with Gasteiger partial charge in [-0.3, -0.25) is 4.79 Å². The third kappa shape index (κ3) is 4.19. The lowest BCUT2D eigenvalue weighted by Crippen LogP contribution is -2.29. The summed E-state index contributed by atoms with van der Waals surface area (Å²) in [7, 11) is 0. The Balaban J connectivity index is 2.45. The SMILES string of the molecule is CCCNC(C)CCn1ccc(C)cc1=O. The van der Waals surface area contributed by atoms with E-state index in [0.29, 0.717) is 6.04 Å². The Morgan fingerprint density at radius 1 is 1.50 bits per heavy atom. The fourth-order valence-corrected chi connectivity index (χ4v) is 1.62. The summed E-state index contributed by atoms with van der Waals surface area (Å²) in [5.74, 6) is 0. The highest BCUT2D eigenvalue weighted by Gasteiger charge is 2.01. The molecule has 1 atom stereocenters. The van der Waals surface area contributed by atoms with Gasteiger partial charge in [0.1, 0.15) is 0 Å². The molecule has 90 valence electrons. The van der Waals surface area contributed by atoms with Crippen molar-refractivity contribution in [1.29, 1.82) is 0 Å². The minimum Gasteiger partial charge on any atom is -0.315 e. The molecule has 0 radical (unpaired) electrons. The lowest BCUT2D eigenvalue weighted by Gasteiger charge is -2.13. The van der Waals surface area contributed by atoms with Crippen molar-refractivity contribution >= 4 is 0 Å². The highest BCUT2D eigenvalue weighted by atomic mass is 16.1. The number of hydrogen-bond donors (Lipinski definition) is 1. The van der Waals surface area contributed by atoms with Crippen LogP contribution in [0.1, 0.15) is 32.3 Å². The second kappa shape index (κ2) is 6.48. The number of aromatic nitrogens is 1. The highest BCUT2D eigenvalue weighted by Crippen LogP contribution is 1.96. The Morgan fingerprint density at radius 3 is 2.88 bits per heavy atom. The zero-order valence-corrected chi connectivity index (χ0v) is 10.5. The second-order valence-corrected chi connectivity index (χ2v) is 4.38. The third-order valence-electron chi connectivity index (χ3n) is 2.70. The Morgan fingerprint density at radius 2 is 2.25 bits per heavy atom. The van der Waals surface area contributed by atoms with Gasteiger partial charge >= 0.3 is 0 Å². The fraction of sp³-hybridized carbons (Fsp3) is 0.615. The van der Waals surface area contributed by atoms with Gasteiger partial charge in [0.25, 0.3) is 5.56 Å². The molecule has 1 heterocycles. The van der Waals surface area contributed by atoms with E-state index < -0.39 is 0 Å². The summed E-state index contributed by atoms with van der Waals surface area (Å²) < 4.78 is 1.77. The molecule has 3 nitrogen and oxygen atoms in total. The van der Waals surface area contributed by atoms with Crippen LogP contribution in [0.15, 0.2) is 23.1 Å². The topological polar surface area (TPSA) is 34.0 Å². The zero-order valence-electron chi connectivity index (χ0n) is 10.5. The predicted molar refractivity (Wildman–Crippen MR) is 67.8 cm³/mol. The maximum absolute atomic E-state index is 11.6. The molecule has 0 aromatic carbocycles. The van der Waals surface area contributed by atoms with Gasteiger partial charge in [0.15, 0.2) is 0 Å². The Kier molecular flexibility index (Phi) is 5.26. The minimum atomic E-state index is 0.0997. The van der Waals surface area contributed by atoms with Gasteiger partial charge in [-0.2, -0.15) is 0 Å². The molecule has 3 heteroatoms. The number of hydrogen-bond acceptors (Lipinski definition) is 2. The maximum atomic E-state index is 11.6. The summed E-state index contributed by atoms with van der Waals surface area (Å²) in [6.45, 7) is 8.09. The third-order valence-corrected chi connectivity index (χ3v) is 2.70. The molecule has 0 aliphatic rings. The summed E-state index contributed by atoms with van der Waals surface area (Å²) in [4.78, 5) is 11.6. The molecule has 1 aromatic rings. The maximum Gasteiger partial charge on any atom is 0.250 e. The van der Waals surface area contributed by atoms with E-state index in [1.54, 1.807) is 10.6 Å². The molecule has 0 amide bonds. The van der Waals surface area contributed by atoms with Crippen LogP contribution >= 0.6 is 0 Å². The first kappa shape index (κ1) is 13.0. The molecule has 0 fully saturated rings. The van der Waals surface area contributed by atoms with Gasteiger partial charge in [-0.1, -0.05) is 6.92 Å². The van der Waals surface area contributed by atoms with Crippen molar-refractivity contribution in [3.8, 4) is 0 Å². The normalized spacial score (nSPS) is 12.7. The van der Waals surface area contributed by atoms with Crippen LogP contribution in [0.2, 0.25) is 0 Å². The molecule has 1 N–H and O–H groups in total. The lowest BCUT2D eigenvalue weighted by molar-refractivity contribution is 0.471. The van der Waals surface area contributed by atoms with E-state index in [9.17, 15) is 4.79 Å². The molecule has 1 rings (SSSR count). The predicted octanol–water partition coefficient (Wildman–Crippen LogP) is 1.93.